The zero-order chi connectivity index (χ0) is 22.6. The molecule has 0 bridgehead atoms. The fraction of sp³-hybridized carbons (Fsp3) is 0.423. The SMILES string of the molecule is O=C(CCCN1CCC2(C=Cc3ccccc32)CC1)NCC1=CCC=CC(C(F)(F)F)=C1. The molecule has 1 fully saturated rings. The molecule has 1 aromatic carbocycles. The molecule has 2 aliphatic carbocycles. The molecule has 4 rings (SSSR count). The average molecular weight is 443 g/mol. The maximum atomic E-state index is 13.0. The van der Waals surface area contributed by atoms with E-state index >= 15 is 0 Å². The van der Waals surface area contributed by atoms with Crippen LogP contribution in [0.15, 0.2) is 65.8 Å². The van der Waals surface area contributed by atoms with E-state index in [1.54, 1.807) is 6.08 Å². The number of benzene rings is 1. The third-order valence-electron chi connectivity index (χ3n) is 6.68. The number of likely N-dealkylation sites (tertiary alicyclic amines) is 1. The van der Waals surface area contributed by atoms with Crippen molar-refractivity contribution in [3.05, 3.63) is 76.9 Å². The van der Waals surface area contributed by atoms with Crippen molar-refractivity contribution < 1.29 is 18.0 Å². The molecule has 32 heavy (non-hydrogen) atoms. The first-order chi connectivity index (χ1) is 15.4. The predicted molar refractivity (Wildman–Crippen MR) is 121 cm³/mol. The zero-order valence-electron chi connectivity index (χ0n) is 18.1. The van der Waals surface area contributed by atoms with Crippen LogP contribution in [0.2, 0.25) is 0 Å². The molecule has 0 unspecified atom stereocenters. The van der Waals surface area contributed by atoms with E-state index in [9.17, 15) is 18.0 Å². The highest BCUT2D eigenvalue weighted by Gasteiger charge is 2.37. The van der Waals surface area contributed by atoms with E-state index in [1.807, 2.05) is 0 Å². The molecule has 0 aromatic heterocycles. The number of nitrogens with one attached hydrogen (secondary N) is 1. The molecule has 1 spiro atoms. The molecule has 6 heteroatoms. The van der Waals surface area contributed by atoms with Crippen LogP contribution in [0.25, 0.3) is 6.08 Å². The monoisotopic (exact) mass is 442 g/mol. The van der Waals surface area contributed by atoms with Gasteiger partial charge in [0.15, 0.2) is 0 Å². The van der Waals surface area contributed by atoms with Crippen molar-refractivity contribution in [3.8, 4) is 0 Å². The highest BCUT2D eigenvalue weighted by Crippen LogP contribution is 2.43. The number of hydrogen-bond donors (Lipinski definition) is 1. The van der Waals surface area contributed by atoms with Crippen LogP contribution in [-0.2, 0) is 10.2 Å². The lowest BCUT2D eigenvalue weighted by Gasteiger charge is -2.39. The van der Waals surface area contributed by atoms with E-state index in [1.165, 1.54) is 17.2 Å². The predicted octanol–water partition coefficient (Wildman–Crippen LogP) is 5.32. The van der Waals surface area contributed by atoms with E-state index < -0.39 is 11.7 Å². The van der Waals surface area contributed by atoms with E-state index in [2.05, 4.69) is 46.6 Å². The maximum absolute atomic E-state index is 13.0. The summed E-state index contributed by atoms with van der Waals surface area (Å²) in [6.07, 6.45) is 9.35. The standard InChI is InChI=1S/C26H29F3N2O/c27-26(28,29)22-8-3-1-6-20(18-22)19-30-24(32)10-5-15-31-16-13-25(14-17-31)12-11-21-7-2-4-9-23(21)25/h2-4,6-9,11-12,18H,1,5,10,13-17,19H2,(H,30,32). The summed E-state index contributed by atoms with van der Waals surface area (Å²) in [5.74, 6) is -0.119. The topological polar surface area (TPSA) is 32.3 Å². The number of nitrogens with zero attached hydrogens (tertiary/aromatic N) is 1. The third-order valence-corrected chi connectivity index (χ3v) is 6.68. The van der Waals surface area contributed by atoms with Gasteiger partial charge in [-0.05, 0) is 68.1 Å². The molecule has 1 aromatic rings. The lowest BCUT2D eigenvalue weighted by atomic mass is 9.74. The highest BCUT2D eigenvalue weighted by atomic mass is 19.4. The second-order valence-corrected chi connectivity index (χ2v) is 8.81. The summed E-state index contributed by atoms with van der Waals surface area (Å²) in [6.45, 7) is 2.99. The maximum Gasteiger partial charge on any atom is 0.416 e. The quantitative estimate of drug-likeness (QED) is 0.647. The summed E-state index contributed by atoms with van der Waals surface area (Å²) >= 11 is 0. The van der Waals surface area contributed by atoms with Gasteiger partial charge in [-0.1, -0.05) is 54.6 Å². The second kappa shape index (κ2) is 9.49. The molecule has 3 aliphatic rings. The second-order valence-electron chi connectivity index (χ2n) is 8.81. The first-order valence-electron chi connectivity index (χ1n) is 11.3. The van der Waals surface area contributed by atoms with Crippen LogP contribution in [0.4, 0.5) is 13.2 Å². The first-order valence-corrected chi connectivity index (χ1v) is 11.3. The van der Waals surface area contributed by atoms with Crippen LogP contribution in [0.5, 0.6) is 0 Å². The molecule has 0 saturated carbocycles. The lowest BCUT2D eigenvalue weighted by Crippen LogP contribution is -2.41. The van der Waals surface area contributed by atoms with Gasteiger partial charge in [-0.15, -0.1) is 0 Å². The van der Waals surface area contributed by atoms with Gasteiger partial charge in [0.25, 0.3) is 0 Å². The Hall–Kier alpha value is -2.60. The molecule has 3 nitrogen and oxygen atoms in total. The number of amides is 1. The first kappa shape index (κ1) is 22.6. The summed E-state index contributed by atoms with van der Waals surface area (Å²) in [7, 11) is 0. The number of fused-ring (bicyclic) bond motifs is 2. The Labute approximate surface area is 187 Å². The molecule has 1 aliphatic heterocycles. The minimum absolute atomic E-state index is 0.119. The largest absolute Gasteiger partial charge is 0.416 e. The van der Waals surface area contributed by atoms with Gasteiger partial charge in [-0.2, -0.15) is 13.2 Å². The molecule has 170 valence electrons. The summed E-state index contributed by atoms with van der Waals surface area (Å²) in [6, 6.07) is 8.60. The van der Waals surface area contributed by atoms with Crippen LogP contribution >= 0.6 is 0 Å². The highest BCUT2D eigenvalue weighted by molar-refractivity contribution is 5.76. The van der Waals surface area contributed by atoms with Gasteiger partial charge in [-0.3, -0.25) is 4.79 Å². The molecule has 1 N–H and O–H groups in total. The van der Waals surface area contributed by atoms with Crippen LogP contribution in [0.3, 0.4) is 0 Å². The van der Waals surface area contributed by atoms with Gasteiger partial charge < -0.3 is 10.2 Å². The Morgan fingerprint density at radius 3 is 2.69 bits per heavy atom. The van der Waals surface area contributed by atoms with Crippen LogP contribution in [0, 0.1) is 0 Å². The Balaban J connectivity index is 1.18. The number of hydrogen-bond acceptors (Lipinski definition) is 2. The van der Waals surface area contributed by atoms with E-state index in [4.69, 9.17) is 0 Å². The Kier molecular flexibility index (Phi) is 6.70. The van der Waals surface area contributed by atoms with Crippen molar-refractivity contribution in [2.24, 2.45) is 0 Å². The fourth-order valence-corrected chi connectivity index (χ4v) is 4.82. The molecule has 1 heterocycles. The summed E-state index contributed by atoms with van der Waals surface area (Å²) < 4.78 is 38.9. The number of carbonyl (C=O) groups excluding carboxylic acids is 1. The van der Waals surface area contributed by atoms with E-state index in [-0.39, 0.29) is 17.9 Å². The van der Waals surface area contributed by atoms with Gasteiger partial charge >= 0.3 is 6.18 Å². The van der Waals surface area contributed by atoms with Crippen molar-refractivity contribution in [3.63, 3.8) is 0 Å². The number of halogens is 3. The van der Waals surface area contributed by atoms with Crippen molar-refractivity contribution in [2.45, 2.75) is 43.7 Å². The van der Waals surface area contributed by atoms with Gasteiger partial charge in [-0.25, -0.2) is 0 Å². The Morgan fingerprint density at radius 2 is 1.91 bits per heavy atom. The summed E-state index contributed by atoms with van der Waals surface area (Å²) in [5.41, 5.74) is 2.73. The minimum atomic E-state index is -4.38. The smallest absolute Gasteiger partial charge is 0.352 e. The lowest BCUT2D eigenvalue weighted by molar-refractivity contribution is -0.121. The minimum Gasteiger partial charge on any atom is -0.352 e. The molecule has 1 amide bonds. The van der Waals surface area contributed by atoms with Gasteiger partial charge in [0.05, 0.1) is 5.57 Å². The number of rotatable bonds is 6. The molecule has 0 radical (unpaired) electrons. The number of allylic oxidation sites excluding steroid dienone is 5. The van der Waals surface area contributed by atoms with Crippen molar-refractivity contribution in [1.29, 1.82) is 0 Å². The molecular formula is C26H29F3N2O. The van der Waals surface area contributed by atoms with Crippen molar-refractivity contribution in [2.75, 3.05) is 26.2 Å². The summed E-state index contributed by atoms with van der Waals surface area (Å²) in [4.78, 5) is 14.6. The Morgan fingerprint density at radius 1 is 1.12 bits per heavy atom. The van der Waals surface area contributed by atoms with Gasteiger partial charge in [0.2, 0.25) is 5.91 Å². The number of carbonyl (C=O) groups is 1. The molecule has 0 atom stereocenters. The third kappa shape index (κ3) is 5.23. The van der Waals surface area contributed by atoms with Crippen molar-refractivity contribution in [1.82, 2.24) is 10.2 Å². The van der Waals surface area contributed by atoms with E-state index in [0.717, 1.165) is 51.0 Å². The Bertz CT molecular complexity index is 964. The normalized spacial score (nSPS) is 20.0. The summed E-state index contributed by atoms with van der Waals surface area (Å²) in [5, 5.41) is 2.77. The van der Waals surface area contributed by atoms with Crippen LogP contribution in [-0.4, -0.2) is 43.2 Å². The number of piperidine rings is 1. The number of alkyl halides is 3. The van der Waals surface area contributed by atoms with Crippen molar-refractivity contribution >= 4 is 12.0 Å². The molecule has 1 saturated heterocycles. The zero-order valence-corrected chi connectivity index (χ0v) is 18.1. The van der Waals surface area contributed by atoms with E-state index in [0.29, 0.717) is 18.4 Å². The molecular weight excluding hydrogens is 413 g/mol. The fourth-order valence-electron chi connectivity index (χ4n) is 4.82. The van der Waals surface area contributed by atoms with Gasteiger partial charge in [0, 0.05) is 18.4 Å². The van der Waals surface area contributed by atoms with Gasteiger partial charge in [0.1, 0.15) is 0 Å². The average Bonchev–Trinajstić information content (AvgIpc) is 2.95. The van der Waals surface area contributed by atoms with Crippen LogP contribution in [0.1, 0.15) is 43.2 Å². The van der Waals surface area contributed by atoms with Crippen LogP contribution < -0.4 is 5.32 Å².